The number of rotatable bonds is 5. The van der Waals surface area contributed by atoms with Crippen LogP contribution < -0.4 is 10.0 Å². The fourth-order valence-corrected chi connectivity index (χ4v) is 2.11. The van der Waals surface area contributed by atoms with E-state index in [2.05, 4.69) is 35.6 Å². The van der Waals surface area contributed by atoms with Gasteiger partial charge in [-0.25, -0.2) is 18.1 Å². The fourth-order valence-electron chi connectivity index (χ4n) is 1.19. The van der Waals surface area contributed by atoms with Crippen molar-refractivity contribution < 1.29 is 8.42 Å². The van der Waals surface area contributed by atoms with Crippen molar-refractivity contribution in [3.05, 3.63) is 24.2 Å². The van der Waals surface area contributed by atoms with Gasteiger partial charge in [-0.1, -0.05) is 5.21 Å². The van der Waals surface area contributed by atoms with Crippen LogP contribution in [0.5, 0.6) is 0 Å². The van der Waals surface area contributed by atoms with Crippen LogP contribution in [0.15, 0.2) is 23.2 Å². The van der Waals surface area contributed by atoms with Gasteiger partial charge in [-0.05, 0) is 12.1 Å². The van der Waals surface area contributed by atoms with E-state index in [0.29, 0.717) is 5.82 Å². The summed E-state index contributed by atoms with van der Waals surface area (Å²) in [6.07, 6.45) is 1.27. The lowest BCUT2D eigenvalue weighted by atomic mass is 10.5. The van der Waals surface area contributed by atoms with Crippen LogP contribution >= 0.6 is 0 Å². The number of aromatic amines is 1. The zero-order valence-corrected chi connectivity index (χ0v) is 10.3. The Hall–Kier alpha value is -2.07. The molecule has 0 unspecified atom stereocenters. The van der Waals surface area contributed by atoms with Crippen LogP contribution in [-0.2, 0) is 16.6 Å². The van der Waals surface area contributed by atoms with Crippen LogP contribution in [0.25, 0.3) is 0 Å². The maximum atomic E-state index is 11.9. The molecule has 0 aliphatic rings. The van der Waals surface area contributed by atoms with Gasteiger partial charge in [0.25, 0.3) is 0 Å². The van der Waals surface area contributed by atoms with E-state index in [4.69, 9.17) is 0 Å². The number of aromatic nitrogens is 5. The molecule has 10 heteroatoms. The molecule has 0 saturated carbocycles. The van der Waals surface area contributed by atoms with Crippen LogP contribution in [-0.4, -0.2) is 41.1 Å². The van der Waals surface area contributed by atoms with Crippen molar-refractivity contribution in [2.75, 3.05) is 12.4 Å². The summed E-state index contributed by atoms with van der Waals surface area (Å²) in [6, 6.07) is 3.03. The third-order valence-electron chi connectivity index (χ3n) is 2.11. The third-order valence-corrected chi connectivity index (χ3v) is 3.50. The van der Waals surface area contributed by atoms with Gasteiger partial charge >= 0.3 is 0 Å². The Balaban J connectivity index is 2.09. The number of sulfonamides is 1. The predicted octanol–water partition coefficient (Wildman–Crippen LogP) is -0.885. The highest BCUT2D eigenvalue weighted by atomic mass is 32.2. The zero-order valence-electron chi connectivity index (χ0n) is 9.45. The first-order valence-corrected chi connectivity index (χ1v) is 6.46. The molecule has 0 aromatic carbocycles. The fraction of sp³-hybridized carbons (Fsp3) is 0.250. The summed E-state index contributed by atoms with van der Waals surface area (Å²) in [7, 11) is -1.92. The lowest BCUT2D eigenvalue weighted by molar-refractivity contribution is 0.579. The first-order valence-electron chi connectivity index (χ1n) is 4.97. The van der Waals surface area contributed by atoms with Crippen LogP contribution in [0.4, 0.5) is 5.82 Å². The van der Waals surface area contributed by atoms with Crippen LogP contribution in [0, 0.1) is 0 Å². The molecule has 0 fully saturated rings. The molecule has 0 bridgehead atoms. The molecule has 2 aromatic heterocycles. The molecule has 3 N–H and O–H groups in total. The van der Waals surface area contributed by atoms with E-state index in [1.54, 1.807) is 13.1 Å². The number of anilines is 1. The number of nitrogens with zero attached hydrogens (tertiary/aromatic N) is 4. The molecular weight excluding hydrogens is 258 g/mol. The van der Waals surface area contributed by atoms with Crippen molar-refractivity contribution >= 4 is 15.8 Å². The maximum Gasteiger partial charge on any atom is 0.242 e. The number of nitrogens with one attached hydrogen (secondary N) is 3. The highest BCUT2D eigenvalue weighted by Gasteiger charge is 2.15. The summed E-state index contributed by atoms with van der Waals surface area (Å²) in [6.45, 7) is -0.0351. The molecule has 2 aromatic rings. The Bertz CT molecular complexity index is 593. The molecule has 0 saturated heterocycles. The van der Waals surface area contributed by atoms with Crippen LogP contribution in [0.1, 0.15) is 5.82 Å². The molecule has 0 amide bonds. The standard InChI is InChI=1S/C8H11N7O2S/c1-9-7-3-2-6(4-10-7)18(16,17)11-5-8-12-14-15-13-8/h2-4,11H,5H2,1H3,(H,9,10)(H,12,13,14,15). The van der Waals surface area contributed by atoms with E-state index in [1.165, 1.54) is 12.3 Å². The summed E-state index contributed by atoms with van der Waals surface area (Å²) < 4.78 is 26.1. The summed E-state index contributed by atoms with van der Waals surface area (Å²) >= 11 is 0. The van der Waals surface area contributed by atoms with E-state index < -0.39 is 10.0 Å². The van der Waals surface area contributed by atoms with Gasteiger partial charge in [0, 0.05) is 13.2 Å². The molecule has 18 heavy (non-hydrogen) atoms. The number of H-pyrrole nitrogens is 1. The summed E-state index contributed by atoms with van der Waals surface area (Å²) in [5, 5.41) is 15.6. The van der Waals surface area contributed by atoms with Crippen LogP contribution in [0.3, 0.4) is 0 Å². The summed E-state index contributed by atoms with van der Waals surface area (Å²) in [4.78, 5) is 4.00. The van der Waals surface area contributed by atoms with Crippen molar-refractivity contribution in [1.29, 1.82) is 0 Å². The quantitative estimate of drug-likeness (QED) is 0.643. The highest BCUT2D eigenvalue weighted by Crippen LogP contribution is 2.10. The van der Waals surface area contributed by atoms with Crippen molar-refractivity contribution in [3.8, 4) is 0 Å². The molecule has 0 radical (unpaired) electrons. The van der Waals surface area contributed by atoms with E-state index in [0.717, 1.165) is 0 Å². The number of pyridine rings is 1. The topological polar surface area (TPSA) is 126 Å². The second-order valence-corrected chi connectivity index (χ2v) is 5.05. The van der Waals surface area contributed by atoms with Gasteiger partial charge in [0.15, 0.2) is 5.82 Å². The van der Waals surface area contributed by atoms with E-state index in [-0.39, 0.29) is 17.3 Å². The first-order chi connectivity index (χ1) is 8.62. The predicted molar refractivity (Wildman–Crippen MR) is 62.0 cm³/mol. The van der Waals surface area contributed by atoms with Crippen molar-refractivity contribution in [1.82, 2.24) is 30.3 Å². The number of hydrogen-bond acceptors (Lipinski definition) is 7. The summed E-state index contributed by atoms with van der Waals surface area (Å²) in [5.74, 6) is 0.852. The molecule has 0 spiro atoms. The lowest BCUT2D eigenvalue weighted by Gasteiger charge is -2.05. The average molecular weight is 269 g/mol. The number of tetrazole rings is 1. The Morgan fingerprint density at radius 3 is 2.78 bits per heavy atom. The second-order valence-electron chi connectivity index (χ2n) is 3.28. The third kappa shape index (κ3) is 2.78. The molecule has 9 nitrogen and oxygen atoms in total. The van der Waals surface area contributed by atoms with Gasteiger partial charge in [0.05, 0.1) is 6.54 Å². The highest BCUT2D eigenvalue weighted by molar-refractivity contribution is 7.89. The molecule has 2 rings (SSSR count). The Kier molecular flexibility index (Phi) is 3.48. The SMILES string of the molecule is CNc1ccc(S(=O)(=O)NCc2nn[nH]n2)cn1. The minimum Gasteiger partial charge on any atom is -0.373 e. The van der Waals surface area contributed by atoms with E-state index in [1.807, 2.05) is 0 Å². The van der Waals surface area contributed by atoms with Gasteiger partial charge in [0.2, 0.25) is 10.0 Å². The molecule has 96 valence electrons. The van der Waals surface area contributed by atoms with Crippen molar-refractivity contribution in [3.63, 3.8) is 0 Å². The average Bonchev–Trinajstić information content (AvgIpc) is 2.90. The van der Waals surface area contributed by atoms with Gasteiger partial charge in [-0.3, -0.25) is 0 Å². The van der Waals surface area contributed by atoms with Crippen molar-refractivity contribution in [2.24, 2.45) is 0 Å². The van der Waals surface area contributed by atoms with Crippen LogP contribution in [0.2, 0.25) is 0 Å². The molecule has 2 heterocycles. The molecular formula is C8H11N7O2S. The van der Waals surface area contributed by atoms with Crippen molar-refractivity contribution in [2.45, 2.75) is 11.4 Å². The van der Waals surface area contributed by atoms with Gasteiger partial charge in [-0.2, -0.15) is 5.21 Å². The van der Waals surface area contributed by atoms with E-state index in [9.17, 15) is 8.42 Å². The Morgan fingerprint density at radius 2 is 2.22 bits per heavy atom. The first kappa shape index (κ1) is 12.4. The maximum absolute atomic E-state index is 11.9. The zero-order chi connectivity index (χ0) is 13.0. The van der Waals surface area contributed by atoms with Gasteiger partial charge in [0.1, 0.15) is 10.7 Å². The Morgan fingerprint density at radius 1 is 1.39 bits per heavy atom. The lowest BCUT2D eigenvalue weighted by Crippen LogP contribution is -2.24. The molecule has 0 atom stereocenters. The minimum atomic E-state index is -3.62. The molecule has 0 aliphatic carbocycles. The smallest absolute Gasteiger partial charge is 0.242 e. The normalized spacial score (nSPS) is 11.4. The second kappa shape index (κ2) is 5.06. The number of hydrogen-bond donors (Lipinski definition) is 3. The Labute approximate surface area is 103 Å². The summed E-state index contributed by atoms with van der Waals surface area (Å²) in [5.41, 5.74) is 0. The monoisotopic (exact) mass is 269 g/mol. The molecule has 0 aliphatic heterocycles. The van der Waals surface area contributed by atoms with E-state index >= 15 is 0 Å². The van der Waals surface area contributed by atoms with Gasteiger partial charge < -0.3 is 5.32 Å². The minimum absolute atomic E-state index is 0.0351. The van der Waals surface area contributed by atoms with Gasteiger partial charge in [-0.15, -0.1) is 10.2 Å². The largest absolute Gasteiger partial charge is 0.373 e.